The highest BCUT2D eigenvalue weighted by Gasteiger charge is 2.37. The van der Waals surface area contributed by atoms with Crippen molar-refractivity contribution in [1.82, 2.24) is 5.32 Å². The zero-order chi connectivity index (χ0) is 16.9. The molecule has 1 aromatic carbocycles. The molecule has 126 valence electrons. The first kappa shape index (κ1) is 17.9. The van der Waals surface area contributed by atoms with Gasteiger partial charge in [0.15, 0.2) is 0 Å². The van der Waals surface area contributed by atoms with Gasteiger partial charge in [-0.2, -0.15) is 0 Å². The molecule has 0 aromatic heterocycles. The van der Waals surface area contributed by atoms with Gasteiger partial charge in [0.1, 0.15) is 0 Å². The van der Waals surface area contributed by atoms with Crippen molar-refractivity contribution in [2.75, 3.05) is 11.9 Å². The van der Waals surface area contributed by atoms with E-state index in [2.05, 4.69) is 26.6 Å². The molecule has 2 rings (SSSR count). The standard InChI is InChI=1S/C17H24BrN3O2/c1-17(19)10-3-2-4-14(17)16(23)20-11-9-15(22)21-13-7-5-12(18)6-8-13/h5-8,14H,2-4,9-11,19H2,1H3,(H,20,23)(H,21,22). The van der Waals surface area contributed by atoms with Gasteiger partial charge in [0.05, 0.1) is 5.92 Å². The van der Waals surface area contributed by atoms with Crippen LogP contribution in [0.2, 0.25) is 0 Å². The van der Waals surface area contributed by atoms with Crippen LogP contribution in [0.1, 0.15) is 39.0 Å². The van der Waals surface area contributed by atoms with E-state index in [0.717, 1.165) is 35.8 Å². The molecule has 6 heteroatoms. The minimum Gasteiger partial charge on any atom is -0.355 e. The first-order chi connectivity index (χ1) is 10.9. The Hall–Kier alpha value is -1.40. The van der Waals surface area contributed by atoms with Crippen LogP contribution in [0.15, 0.2) is 28.7 Å². The van der Waals surface area contributed by atoms with Gasteiger partial charge in [-0.3, -0.25) is 9.59 Å². The molecular formula is C17H24BrN3O2. The second-order valence-electron chi connectivity index (χ2n) is 6.40. The number of amides is 2. The summed E-state index contributed by atoms with van der Waals surface area (Å²) in [7, 11) is 0. The molecule has 2 amide bonds. The number of anilines is 1. The van der Waals surface area contributed by atoms with Gasteiger partial charge < -0.3 is 16.4 Å². The second-order valence-corrected chi connectivity index (χ2v) is 7.32. The van der Waals surface area contributed by atoms with Gasteiger partial charge in [-0.25, -0.2) is 0 Å². The average Bonchev–Trinajstić information content (AvgIpc) is 2.49. The number of benzene rings is 1. The van der Waals surface area contributed by atoms with Crippen LogP contribution in [0, 0.1) is 5.92 Å². The fourth-order valence-corrected chi connectivity index (χ4v) is 3.23. The molecule has 5 nitrogen and oxygen atoms in total. The summed E-state index contributed by atoms with van der Waals surface area (Å²) in [6.45, 7) is 2.27. The third kappa shape index (κ3) is 5.32. The number of nitrogens with two attached hydrogens (primary N) is 1. The SMILES string of the molecule is CC1(N)CCCCC1C(=O)NCCC(=O)Nc1ccc(Br)cc1. The van der Waals surface area contributed by atoms with E-state index in [4.69, 9.17) is 5.73 Å². The van der Waals surface area contributed by atoms with E-state index in [0.29, 0.717) is 6.54 Å². The van der Waals surface area contributed by atoms with E-state index in [1.54, 1.807) is 0 Å². The Morgan fingerprint density at radius 2 is 2.00 bits per heavy atom. The normalized spacial score (nSPS) is 24.0. The molecule has 0 bridgehead atoms. The Bertz CT molecular complexity index is 557. The topological polar surface area (TPSA) is 84.2 Å². The quantitative estimate of drug-likeness (QED) is 0.732. The fourth-order valence-electron chi connectivity index (χ4n) is 2.97. The Morgan fingerprint density at radius 3 is 2.65 bits per heavy atom. The number of carbonyl (C=O) groups is 2. The summed E-state index contributed by atoms with van der Waals surface area (Å²) in [5.74, 6) is -0.316. The van der Waals surface area contributed by atoms with Gasteiger partial charge in [0.25, 0.3) is 0 Å². The first-order valence-electron chi connectivity index (χ1n) is 8.00. The number of hydrogen-bond donors (Lipinski definition) is 3. The fraction of sp³-hybridized carbons (Fsp3) is 0.529. The lowest BCUT2D eigenvalue weighted by atomic mass is 9.74. The van der Waals surface area contributed by atoms with Gasteiger partial charge in [-0.05, 0) is 44.0 Å². The number of rotatable bonds is 5. The number of halogens is 1. The zero-order valence-corrected chi connectivity index (χ0v) is 15.0. The minimum atomic E-state index is -0.442. The van der Waals surface area contributed by atoms with Crippen LogP contribution in [0.25, 0.3) is 0 Å². The summed E-state index contributed by atoms with van der Waals surface area (Å²) in [5, 5.41) is 5.65. The Balaban J connectivity index is 1.74. The molecular weight excluding hydrogens is 358 g/mol. The van der Waals surface area contributed by atoms with Crippen molar-refractivity contribution >= 4 is 33.4 Å². The highest BCUT2D eigenvalue weighted by atomic mass is 79.9. The molecule has 0 radical (unpaired) electrons. The van der Waals surface area contributed by atoms with Crippen LogP contribution in [0.5, 0.6) is 0 Å². The molecule has 4 N–H and O–H groups in total. The van der Waals surface area contributed by atoms with Gasteiger partial charge >= 0.3 is 0 Å². The van der Waals surface area contributed by atoms with E-state index in [-0.39, 0.29) is 24.2 Å². The van der Waals surface area contributed by atoms with Crippen molar-refractivity contribution in [3.63, 3.8) is 0 Å². The molecule has 2 atom stereocenters. The van der Waals surface area contributed by atoms with Crippen LogP contribution in [-0.2, 0) is 9.59 Å². The summed E-state index contributed by atoms with van der Waals surface area (Å²) in [6.07, 6.45) is 4.05. The van der Waals surface area contributed by atoms with Crippen LogP contribution < -0.4 is 16.4 Å². The van der Waals surface area contributed by atoms with Crippen LogP contribution in [0.4, 0.5) is 5.69 Å². The number of carbonyl (C=O) groups excluding carboxylic acids is 2. The molecule has 0 heterocycles. The van der Waals surface area contributed by atoms with Crippen LogP contribution in [0.3, 0.4) is 0 Å². The van der Waals surface area contributed by atoms with E-state index in [1.165, 1.54) is 0 Å². The van der Waals surface area contributed by atoms with Crippen LogP contribution in [-0.4, -0.2) is 23.9 Å². The smallest absolute Gasteiger partial charge is 0.226 e. The summed E-state index contributed by atoms with van der Waals surface area (Å²) >= 11 is 3.35. The molecule has 1 fully saturated rings. The van der Waals surface area contributed by atoms with E-state index in [1.807, 2.05) is 31.2 Å². The maximum absolute atomic E-state index is 12.3. The lowest BCUT2D eigenvalue weighted by Gasteiger charge is -2.37. The highest BCUT2D eigenvalue weighted by molar-refractivity contribution is 9.10. The van der Waals surface area contributed by atoms with Gasteiger partial charge in [-0.15, -0.1) is 0 Å². The summed E-state index contributed by atoms with van der Waals surface area (Å²) in [5.41, 5.74) is 6.52. The molecule has 0 saturated heterocycles. The van der Waals surface area contributed by atoms with Crippen LogP contribution >= 0.6 is 15.9 Å². The molecule has 0 spiro atoms. The number of nitrogens with one attached hydrogen (secondary N) is 2. The molecule has 1 aliphatic rings. The predicted octanol–water partition coefficient (Wildman–Crippen LogP) is 2.80. The van der Waals surface area contributed by atoms with Crippen molar-refractivity contribution in [2.45, 2.75) is 44.6 Å². The van der Waals surface area contributed by atoms with Crippen molar-refractivity contribution in [1.29, 1.82) is 0 Å². The maximum atomic E-state index is 12.3. The van der Waals surface area contributed by atoms with E-state index >= 15 is 0 Å². The van der Waals surface area contributed by atoms with Crippen molar-refractivity contribution in [2.24, 2.45) is 11.7 Å². The third-order valence-electron chi connectivity index (χ3n) is 4.35. The highest BCUT2D eigenvalue weighted by Crippen LogP contribution is 2.31. The predicted molar refractivity (Wildman–Crippen MR) is 94.9 cm³/mol. The maximum Gasteiger partial charge on any atom is 0.226 e. The Labute approximate surface area is 145 Å². The van der Waals surface area contributed by atoms with Gasteiger partial charge in [0.2, 0.25) is 11.8 Å². The summed E-state index contributed by atoms with van der Waals surface area (Å²) in [6, 6.07) is 7.37. The first-order valence-corrected chi connectivity index (χ1v) is 8.80. The van der Waals surface area contributed by atoms with E-state index < -0.39 is 5.54 Å². The van der Waals surface area contributed by atoms with Crippen molar-refractivity contribution < 1.29 is 9.59 Å². The lowest BCUT2D eigenvalue weighted by Crippen LogP contribution is -2.53. The number of hydrogen-bond acceptors (Lipinski definition) is 3. The molecule has 1 aromatic rings. The Kier molecular flexibility index (Phi) is 6.18. The molecule has 1 saturated carbocycles. The minimum absolute atomic E-state index is 0.0360. The molecule has 2 unspecified atom stereocenters. The van der Waals surface area contributed by atoms with Gasteiger partial charge in [-0.1, -0.05) is 28.8 Å². The molecule has 23 heavy (non-hydrogen) atoms. The largest absolute Gasteiger partial charge is 0.355 e. The summed E-state index contributed by atoms with van der Waals surface area (Å²) < 4.78 is 0.958. The average molecular weight is 382 g/mol. The van der Waals surface area contributed by atoms with Crippen molar-refractivity contribution in [3.05, 3.63) is 28.7 Å². The monoisotopic (exact) mass is 381 g/mol. The molecule has 0 aliphatic heterocycles. The van der Waals surface area contributed by atoms with Gasteiger partial charge in [0, 0.05) is 28.7 Å². The Morgan fingerprint density at radius 1 is 1.30 bits per heavy atom. The van der Waals surface area contributed by atoms with E-state index in [9.17, 15) is 9.59 Å². The molecule has 1 aliphatic carbocycles. The third-order valence-corrected chi connectivity index (χ3v) is 4.88. The zero-order valence-electron chi connectivity index (χ0n) is 13.4. The summed E-state index contributed by atoms with van der Waals surface area (Å²) in [4.78, 5) is 24.1. The van der Waals surface area contributed by atoms with Crippen molar-refractivity contribution in [3.8, 4) is 0 Å². The second kappa shape index (κ2) is 7.93. The lowest BCUT2D eigenvalue weighted by molar-refractivity contribution is -0.128.